The molecule has 0 amide bonds. The molecule has 1 heterocycles. The van der Waals surface area contributed by atoms with Gasteiger partial charge in [-0.15, -0.1) is 0 Å². The van der Waals surface area contributed by atoms with Crippen LogP contribution < -0.4 is 10.0 Å². The second-order valence-corrected chi connectivity index (χ2v) is 7.20. The zero-order valence-electron chi connectivity index (χ0n) is 10.8. The van der Waals surface area contributed by atoms with Gasteiger partial charge in [0.2, 0.25) is 10.0 Å². The fourth-order valence-corrected chi connectivity index (χ4v) is 4.10. The van der Waals surface area contributed by atoms with Gasteiger partial charge in [0.1, 0.15) is 14.9 Å². The van der Waals surface area contributed by atoms with Crippen molar-refractivity contribution in [2.75, 3.05) is 19.6 Å². The maximum atomic E-state index is 12.2. The molecule has 0 bridgehead atoms. The Kier molecular flexibility index (Phi) is 5.05. The number of hydrogen-bond donors (Lipinski definition) is 2. The number of sulfonamides is 1. The van der Waals surface area contributed by atoms with Gasteiger partial charge in [-0.1, -0.05) is 23.2 Å². The van der Waals surface area contributed by atoms with Crippen LogP contribution in [0, 0.1) is 16.0 Å². The van der Waals surface area contributed by atoms with E-state index in [4.69, 9.17) is 23.2 Å². The molecule has 0 saturated carbocycles. The largest absolute Gasteiger partial charge is 0.316 e. The lowest BCUT2D eigenvalue weighted by atomic mass is 10.1. The highest BCUT2D eigenvalue weighted by Gasteiger charge is 2.28. The van der Waals surface area contributed by atoms with Crippen LogP contribution in [0.25, 0.3) is 0 Å². The van der Waals surface area contributed by atoms with Crippen molar-refractivity contribution in [2.45, 2.75) is 11.3 Å². The molecule has 7 nitrogen and oxygen atoms in total. The maximum absolute atomic E-state index is 12.2. The predicted octanol–water partition coefficient (Wildman–Crippen LogP) is 1.79. The molecule has 1 aromatic carbocycles. The van der Waals surface area contributed by atoms with Crippen molar-refractivity contribution >= 4 is 38.9 Å². The van der Waals surface area contributed by atoms with Crippen LogP contribution in [0.3, 0.4) is 0 Å². The summed E-state index contributed by atoms with van der Waals surface area (Å²) in [6.07, 6.45) is 0.872. The standard InChI is InChI=1S/C11H13Cl2N3O4S/c12-8-1-2-9(10(13)11(8)16(17)18)21(19,20)15-6-7-3-4-14-5-7/h1-2,7,14-15H,3-6H2. The lowest BCUT2D eigenvalue weighted by Crippen LogP contribution is -2.30. The second-order valence-electron chi connectivity index (χ2n) is 4.68. The monoisotopic (exact) mass is 353 g/mol. The first-order chi connectivity index (χ1) is 9.83. The van der Waals surface area contributed by atoms with Crippen molar-refractivity contribution < 1.29 is 13.3 Å². The quantitative estimate of drug-likeness (QED) is 0.620. The van der Waals surface area contributed by atoms with E-state index in [1.807, 2.05) is 0 Å². The van der Waals surface area contributed by atoms with Gasteiger partial charge in [-0.25, -0.2) is 13.1 Å². The number of rotatable bonds is 5. The minimum atomic E-state index is -3.92. The van der Waals surface area contributed by atoms with E-state index in [-0.39, 0.29) is 22.4 Å². The minimum Gasteiger partial charge on any atom is -0.316 e. The summed E-state index contributed by atoms with van der Waals surface area (Å²) in [4.78, 5) is 9.76. The van der Waals surface area contributed by atoms with E-state index in [0.717, 1.165) is 31.6 Å². The molecule has 21 heavy (non-hydrogen) atoms. The van der Waals surface area contributed by atoms with Gasteiger partial charge < -0.3 is 5.32 Å². The first-order valence-corrected chi connectivity index (χ1v) is 8.39. The summed E-state index contributed by atoms with van der Waals surface area (Å²) >= 11 is 11.5. The molecule has 1 aliphatic heterocycles. The molecule has 2 N–H and O–H groups in total. The van der Waals surface area contributed by atoms with Crippen LogP contribution in [0.15, 0.2) is 17.0 Å². The summed E-state index contributed by atoms with van der Waals surface area (Å²) in [6.45, 7) is 1.83. The Morgan fingerprint density at radius 1 is 1.43 bits per heavy atom. The van der Waals surface area contributed by atoms with Crippen LogP contribution in [0.4, 0.5) is 5.69 Å². The van der Waals surface area contributed by atoms with E-state index in [1.165, 1.54) is 0 Å². The highest BCUT2D eigenvalue weighted by atomic mass is 35.5. The molecule has 1 fully saturated rings. The summed E-state index contributed by atoms with van der Waals surface area (Å²) in [7, 11) is -3.92. The Balaban J connectivity index is 2.27. The van der Waals surface area contributed by atoms with Crippen molar-refractivity contribution in [3.05, 3.63) is 32.3 Å². The van der Waals surface area contributed by atoms with E-state index in [0.29, 0.717) is 0 Å². The van der Waals surface area contributed by atoms with Gasteiger partial charge in [0, 0.05) is 6.54 Å². The van der Waals surface area contributed by atoms with Crippen molar-refractivity contribution in [1.29, 1.82) is 0 Å². The number of nitro groups is 1. The number of nitro benzene ring substituents is 1. The molecule has 1 saturated heterocycles. The first-order valence-electron chi connectivity index (χ1n) is 6.15. The lowest BCUT2D eigenvalue weighted by molar-refractivity contribution is -0.384. The third-order valence-electron chi connectivity index (χ3n) is 3.23. The van der Waals surface area contributed by atoms with Crippen LogP contribution in [-0.4, -0.2) is 33.0 Å². The van der Waals surface area contributed by atoms with Gasteiger partial charge in [-0.05, 0) is 37.6 Å². The number of benzene rings is 1. The number of hydrogen-bond acceptors (Lipinski definition) is 5. The Morgan fingerprint density at radius 3 is 2.71 bits per heavy atom. The highest BCUT2D eigenvalue weighted by Crippen LogP contribution is 2.37. The molecule has 1 atom stereocenters. The third kappa shape index (κ3) is 3.64. The molecule has 116 valence electrons. The van der Waals surface area contributed by atoms with Crippen molar-refractivity contribution in [3.63, 3.8) is 0 Å². The Bertz CT molecular complexity index is 660. The van der Waals surface area contributed by atoms with Crippen LogP contribution in [0.1, 0.15) is 6.42 Å². The van der Waals surface area contributed by atoms with Crippen LogP contribution in [0.2, 0.25) is 10.0 Å². The SMILES string of the molecule is O=[N+]([O-])c1c(Cl)ccc(S(=O)(=O)NCC2CCNC2)c1Cl. The number of halogens is 2. The smallest absolute Gasteiger partial charge is 0.307 e. The van der Waals surface area contributed by atoms with Gasteiger partial charge in [0.15, 0.2) is 0 Å². The molecule has 2 rings (SSSR count). The summed E-state index contributed by atoms with van der Waals surface area (Å²) in [5, 5.41) is 13.3. The van der Waals surface area contributed by atoms with Crippen LogP contribution in [0.5, 0.6) is 0 Å². The Hall–Kier alpha value is -0.930. The number of nitrogens with one attached hydrogen (secondary N) is 2. The molecular formula is C11H13Cl2N3O4S. The van der Waals surface area contributed by atoms with E-state index in [9.17, 15) is 18.5 Å². The summed E-state index contributed by atoms with van der Waals surface area (Å²) in [6, 6.07) is 2.31. The molecule has 0 aliphatic carbocycles. The van der Waals surface area contributed by atoms with Gasteiger partial charge in [0.05, 0.1) is 4.92 Å². The number of nitrogens with zero attached hydrogens (tertiary/aromatic N) is 1. The highest BCUT2D eigenvalue weighted by molar-refractivity contribution is 7.89. The molecule has 0 radical (unpaired) electrons. The average molecular weight is 354 g/mol. The van der Waals surface area contributed by atoms with E-state index in [2.05, 4.69) is 10.0 Å². The normalized spacial score (nSPS) is 18.9. The van der Waals surface area contributed by atoms with Crippen molar-refractivity contribution in [1.82, 2.24) is 10.0 Å². The van der Waals surface area contributed by atoms with Crippen molar-refractivity contribution in [3.8, 4) is 0 Å². The zero-order valence-corrected chi connectivity index (χ0v) is 13.1. The Labute approximate surface area is 131 Å². The van der Waals surface area contributed by atoms with E-state index < -0.39 is 25.7 Å². The zero-order chi connectivity index (χ0) is 15.6. The Morgan fingerprint density at radius 2 is 2.14 bits per heavy atom. The summed E-state index contributed by atoms with van der Waals surface area (Å²) in [5.74, 6) is 0.195. The fraction of sp³-hybridized carbons (Fsp3) is 0.455. The van der Waals surface area contributed by atoms with Gasteiger partial charge in [0.25, 0.3) is 0 Å². The average Bonchev–Trinajstić information content (AvgIpc) is 2.88. The maximum Gasteiger partial charge on any atom is 0.307 e. The molecule has 1 aliphatic rings. The predicted molar refractivity (Wildman–Crippen MR) is 79.3 cm³/mol. The molecule has 10 heteroatoms. The van der Waals surface area contributed by atoms with Crippen LogP contribution in [-0.2, 0) is 10.0 Å². The van der Waals surface area contributed by atoms with E-state index >= 15 is 0 Å². The van der Waals surface area contributed by atoms with Crippen molar-refractivity contribution in [2.24, 2.45) is 5.92 Å². The van der Waals surface area contributed by atoms with Gasteiger partial charge in [-0.2, -0.15) is 0 Å². The first kappa shape index (κ1) is 16.4. The van der Waals surface area contributed by atoms with Crippen LogP contribution >= 0.6 is 23.2 Å². The molecule has 0 aromatic heterocycles. The van der Waals surface area contributed by atoms with Gasteiger partial charge in [-0.3, -0.25) is 10.1 Å². The molecule has 0 spiro atoms. The molecule has 1 aromatic rings. The molecular weight excluding hydrogens is 341 g/mol. The fourth-order valence-electron chi connectivity index (χ4n) is 2.09. The lowest BCUT2D eigenvalue weighted by Gasteiger charge is -2.12. The summed E-state index contributed by atoms with van der Waals surface area (Å²) < 4.78 is 26.9. The molecule has 1 unspecified atom stereocenters. The summed E-state index contributed by atoms with van der Waals surface area (Å²) in [5.41, 5.74) is -0.608. The second kappa shape index (κ2) is 6.45. The van der Waals surface area contributed by atoms with E-state index in [1.54, 1.807) is 0 Å². The third-order valence-corrected chi connectivity index (χ3v) is 5.49. The minimum absolute atomic E-state index is 0.195. The van der Waals surface area contributed by atoms with Gasteiger partial charge >= 0.3 is 5.69 Å². The topological polar surface area (TPSA) is 101 Å².